The average molecular weight is 381 g/mol. The second kappa shape index (κ2) is 7.64. The number of amides is 1. The highest BCUT2D eigenvalue weighted by molar-refractivity contribution is 7.18. The zero-order chi connectivity index (χ0) is 18.8. The first-order valence-corrected chi connectivity index (χ1v) is 10.3. The molecule has 1 aliphatic heterocycles. The molecule has 1 aliphatic rings. The molecule has 0 bridgehead atoms. The average Bonchev–Trinajstić information content (AvgIpc) is 3.13. The minimum Gasteiger partial charge on any atom is -0.352 e. The number of nitrogens with zero attached hydrogens (tertiary/aromatic N) is 4. The number of hydrogen-bond acceptors (Lipinski definition) is 5. The maximum atomic E-state index is 12.6. The first kappa shape index (κ1) is 17.9. The first-order chi connectivity index (χ1) is 13.1. The summed E-state index contributed by atoms with van der Waals surface area (Å²) in [5.41, 5.74) is 2.30. The third-order valence-corrected chi connectivity index (χ3v) is 6.30. The molecule has 2 aromatic heterocycles. The molecule has 1 fully saturated rings. The fraction of sp³-hybridized carbons (Fsp3) is 0.381. The fourth-order valence-corrected chi connectivity index (χ4v) is 4.41. The largest absolute Gasteiger partial charge is 0.352 e. The van der Waals surface area contributed by atoms with Crippen molar-refractivity contribution < 1.29 is 4.79 Å². The summed E-state index contributed by atoms with van der Waals surface area (Å²) in [5, 5.41) is 1.14. The summed E-state index contributed by atoms with van der Waals surface area (Å²) in [5.74, 6) is 1.21. The highest BCUT2D eigenvalue weighted by atomic mass is 32.1. The van der Waals surface area contributed by atoms with E-state index in [0.29, 0.717) is 6.42 Å². The van der Waals surface area contributed by atoms with Crippen molar-refractivity contribution in [2.75, 3.05) is 31.1 Å². The molecule has 3 heterocycles. The Kier molecular flexibility index (Phi) is 5.07. The number of rotatable bonds is 4. The van der Waals surface area contributed by atoms with Crippen LogP contribution >= 0.6 is 11.3 Å². The molecule has 1 amide bonds. The SMILES string of the molecule is CCc1cc2c(N3CCN(C(=O)Cc4ccc(C)cc4)CC3)ncnc2s1. The van der Waals surface area contributed by atoms with Gasteiger partial charge in [-0.3, -0.25) is 4.79 Å². The summed E-state index contributed by atoms with van der Waals surface area (Å²) in [6.07, 6.45) is 3.15. The van der Waals surface area contributed by atoms with Gasteiger partial charge in [-0.15, -0.1) is 11.3 Å². The Hall–Kier alpha value is -2.47. The van der Waals surface area contributed by atoms with Crippen LogP contribution in [0, 0.1) is 6.92 Å². The van der Waals surface area contributed by atoms with Crippen molar-refractivity contribution in [3.05, 3.63) is 52.7 Å². The minimum atomic E-state index is 0.204. The molecular weight excluding hydrogens is 356 g/mol. The lowest BCUT2D eigenvalue weighted by molar-refractivity contribution is -0.130. The third kappa shape index (κ3) is 3.81. The Bertz CT molecular complexity index is 942. The van der Waals surface area contributed by atoms with Gasteiger partial charge < -0.3 is 9.80 Å². The van der Waals surface area contributed by atoms with Crippen LogP contribution in [0.25, 0.3) is 10.2 Å². The molecule has 0 aliphatic carbocycles. The molecule has 3 aromatic rings. The van der Waals surface area contributed by atoms with Gasteiger partial charge in [0.15, 0.2) is 0 Å². The van der Waals surface area contributed by atoms with Crippen molar-refractivity contribution in [1.82, 2.24) is 14.9 Å². The van der Waals surface area contributed by atoms with E-state index in [2.05, 4.69) is 46.9 Å². The number of thiophene rings is 1. The fourth-order valence-electron chi connectivity index (χ4n) is 3.48. The van der Waals surface area contributed by atoms with Gasteiger partial charge in [0.2, 0.25) is 5.91 Å². The number of piperazine rings is 1. The molecule has 0 N–H and O–H groups in total. The lowest BCUT2D eigenvalue weighted by Gasteiger charge is -2.35. The maximum absolute atomic E-state index is 12.6. The van der Waals surface area contributed by atoms with Crippen LogP contribution in [0.1, 0.15) is 22.9 Å². The highest BCUT2D eigenvalue weighted by Gasteiger charge is 2.23. The van der Waals surface area contributed by atoms with Crippen LogP contribution < -0.4 is 4.90 Å². The number of anilines is 1. The molecule has 1 aromatic carbocycles. The monoisotopic (exact) mass is 380 g/mol. The number of aromatic nitrogens is 2. The molecular formula is C21H24N4OS. The highest BCUT2D eigenvalue weighted by Crippen LogP contribution is 2.31. The van der Waals surface area contributed by atoms with Gasteiger partial charge in [-0.25, -0.2) is 9.97 Å². The summed E-state index contributed by atoms with van der Waals surface area (Å²) >= 11 is 1.74. The first-order valence-electron chi connectivity index (χ1n) is 9.45. The van der Waals surface area contributed by atoms with Crippen LogP contribution in [0.4, 0.5) is 5.82 Å². The van der Waals surface area contributed by atoms with Gasteiger partial charge in [0.1, 0.15) is 17.0 Å². The maximum Gasteiger partial charge on any atom is 0.227 e. The summed E-state index contributed by atoms with van der Waals surface area (Å²) in [7, 11) is 0. The van der Waals surface area contributed by atoms with Crippen molar-refractivity contribution in [1.29, 1.82) is 0 Å². The van der Waals surface area contributed by atoms with Gasteiger partial charge in [-0.1, -0.05) is 36.8 Å². The van der Waals surface area contributed by atoms with E-state index in [1.165, 1.54) is 10.4 Å². The number of hydrogen-bond donors (Lipinski definition) is 0. The van der Waals surface area contributed by atoms with Gasteiger partial charge in [-0.05, 0) is 25.0 Å². The Morgan fingerprint density at radius 2 is 1.85 bits per heavy atom. The van der Waals surface area contributed by atoms with E-state index >= 15 is 0 Å². The molecule has 4 rings (SSSR count). The normalized spacial score (nSPS) is 14.7. The van der Waals surface area contributed by atoms with Crippen LogP contribution in [-0.2, 0) is 17.6 Å². The predicted octanol–water partition coefficient (Wildman–Crippen LogP) is 3.45. The van der Waals surface area contributed by atoms with E-state index in [-0.39, 0.29) is 5.91 Å². The molecule has 5 nitrogen and oxygen atoms in total. The van der Waals surface area contributed by atoms with Gasteiger partial charge >= 0.3 is 0 Å². The van der Waals surface area contributed by atoms with Gasteiger partial charge in [0, 0.05) is 31.1 Å². The number of aryl methyl sites for hydroxylation is 2. The number of benzene rings is 1. The smallest absolute Gasteiger partial charge is 0.227 e. The lowest BCUT2D eigenvalue weighted by Crippen LogP contribution is -2.49. The molecule has 0 unspecified atom stereocenters. The number of carbonyl (C=O) groups is 1. The second-order valence-corrected chi connectivity index (χ2v) is 8.13. The van der Waals surface area contributed by atoms with E-state index in [0.717, 1.165) is 54.2 Å². The van der Waals surface area contributed by atoms with Gasteiger partial charge in [0.05, 0.1) is 11.8 Å². The quantitative estimate of drug-likeness (QED) is 0.696. The molecule has 0 atom stereocenters. The molecule has 6 heteroatoms. The van der Waals surface area contributed by atoms with Crippen molar-refractivity contribution in [3.63, 3.8) is 0 Å². The lowest BCUT2D eigenvalue weighted by atomic mass is 10.1. The Labute approximate surface area is 163 Å². The predicted molar refractivity (Wildman–Crippen MR) is 110 cm³/mol. The van der Waals surface area contributed by atoms with E-state index in [9.17, 15) is 4.79 Å². The van der Waals surface area contributed by atoms with Gasteiger partial charge in [0.25, 0.3) is 0 Å². The Balaban J connectivity index is 1.42. The van der Waals surface area contributed by atoms with Crippen molar-refractivity contribution >= 4 is 33.3 Å². The van der Waals surface area contributed by atoms with Gasteiger partial charge in [-0.2, -0.15) is 0 Å². The summed E-state index contributed by atoms with van der Waals surface area (Å²) in [6.45, 7) is 7.32. The van der Waals surface area contributed by atoms with Crippen LogP contribution in [0.5, 0.6) is 0 Å². The Morgan fingerprint density at radius 3 is 2.56 bits per heavy atom. The zero-order valence-electron chi connectivity index (χ0n) is 15.8. The van der Waals surface area contributed by atoms with Crippen molar-refractivity contribution in [2.45, 2.75) is 26.7 Å². The topological polar surface area (TPSA) is 49.3 Å². The standard InChI is InChI=1S/C21H24N4OS/c1-3-17-13-18-20(22-14-23-21(18)27-17)25-10-8-24(9-11-25)19(26)12-16-6-4-15(2)5-7-16/h4-7,13-14H,3,8-12H2,1-2H3. The summed E-state index contributed by atoms with van der Waals surface area (Å²) in [4.78, 5) is 28.2. The molecule has 0 spiro atoms. The molecule has 0 saturated carbocycles. The zero-order valence-corrected chi connectivity index (χ0v) is 16.6. The number of carbonyl (C=O) groups excluding carboxylic acids is 1. The summed E-state index contributed by atoms with van der Waals surface area (Å²) in [6, 6.07) is 10.4. The van der Waals surface area contributed by atoms with E-state index < -0.39 is 0 Å². The van der Waals surface area contributed by atoms with Crippen LogP contribution in [0.15, 0.2) is 36.7 Å². The van der Waals surface area contributed by atoms with Crippen LogP contribution in [-0.4, -0.2) is 47.0 Å². The molecule has 1 saturated heterocycles. The molecule has 0 radical (unpaired) electrons. The number of fused-ring (bicyclic) bond motifs is 1. The van der Waals surface area contributed by atoms with Crippen LogP contribution in [0.2, 0.25) is 0 Å². The van der Waals surface area contributed by atoms with Crippen molar-refractivity contribution in [2.24, 2.45) is 0 Å². The summed E-state index contributed by atoms with van der Waals surface area (Å²) < 4.78 is 0. The minimum absolute atomic E-state index is 0.204. The van der Waals surface area contributed by atoms with Crippen LogP contribution in [0.3, 0.4) is 0 Å². The van der Waals surface area contributed by atoms with E-state index in [1.807, 2.05) is 17.0 Å². The third-order valence-electron chi connectivity index (χ3n) is 5.12. The molecule has 140 valence electrons. The van der Waals surface area contributed by atoms with Crippen molar-refractivity contribution in [3.8, 4) is 0 Å². The van der Waals surface area contributed by atoms with E-state index in [1.54, 1.807) is 17.7 Å². The van der Waals surface area contributed by atoms with E-state index in [4.69, 9.17) is 0 Å². The second-order valence-electron chi connectivity index (χ2n) is 7.01. The Morgan fingerprint density at radius 1 is 1.11 bits per heavy atom. The molecule has 27 heavy (non-hydrogen) atoms.